The first-order valence-electron chi connectivity index (χ1n) is 6.50. The molecule has 0 fully saturated rings. The molecule has 0 saturated heterocycles. The Morgan fingerprint density at radius 1 is 0.900 bits per heavy atom. The molecule has 1 nitrogen and oxygen atoms in total. The fourth-order valence-corrected chi connectivity index (χ4v) is 1.89. The van der Waals surface area contributed by atoms with Crippen molar-refractivity contribution in [1.82, 2.24) is 0 Å². The van der Waals surface area contributed by atoms with E-state index in [1.165, 1.54) is 11.3 Å². The van der Waals surface area contributed by atoms with Gasteiger partial charge in [0.25, 0.3) is 0 Å². The molecule has 0 radical (unpaired) electrons. The number of hydrogen-bond donors (Lipinski definition) is 0. The number of anilines is 1. The largest absolute Gasteiger partial charge is 2.00 e. The van der Waals surface area contributed by atoms with E-state index in [-0.39, 0.29) is 17.1 Å². The SMILES string of the molecule is CN(C[c-]1cccc1)c1ccccc1.[Fe+2].c1cc[cH-]c1. The maximum Gasteiger partial charge on any atom is 2.00 e. The van der Waals surface area contributed by atoms with E-state index in [1.807, 2.05) is 36.4 Å². The van der Waals surface area contributed by atoms with E-state index in [0.29, 0.717) is 0 Å². The van der Waals surface area contributed by atoms with Crippen LogP contribution in [0.15, 0.2) is 84.9 Å². The van der Waals surface area contributed by atoms with Gasteiger partial charge in [-0.15, -0.1) is 5.56 Å². The van der Waals surface area contributed by atoms with Crippen LogP contribution in [0.3, 0.4) is 0 Å². The average molecular weight is 305 g/mol. The minimum Gasteiger partial charge on any atom is -0.382 e. The number of rotatable bonds is 3. The fraction of sp³-hybridized carbons (Fsp3) is 0.111. The summed E-state index contributed by atoms with van der Waals surface area (Å²) in [5.41, 5.74) is 2.62. The molecule has 0 bridgehead atoms. The van der Waals surface area contributed by atoms with Gasteiger partial charge in [-0.1, -0.05) is 18.2 Å². The minimum atomic E-state index is 0. The minimum absolute atomic E-state index is 0. The molecule has 0 aliphatic rings. The van der Waals surface area contributed by atoms with Gasteiger partial charge in [0.2, 0.25) is 0 Å². The summed E-state index contributed by atoms with van der Waals surface area (Å²) in [6, 6.07) is 28.9. The molecule has 0 aliphatic heterocycles. The first-order chi connectivity index (χ1) is 9.36. The van der Waals surface area contributed by atoms with Crippen LogP contribution < -0.4 is 4.90 Å². The molecule has 2 heteroatoms. The summed E-state index contributed by atoms with van der Waals surface area (Å²) < 4.78 is 0. The Morgan fingerprint density at radius 2 is 1.50 bits per heavy atom. The Balaban J connectivity index is 0.000000283. The molecule has 0 aliphatic carbocycles. The van der Waals surface area contributed by atoms with Crippen molar-refractivity contribution in [2.45, 2.75) is 6.54 Å². The molecule has 0 atom stereocenters. The van der Waals surface area contributed by atoms with Gasteiger partial charge in [-0.3, -0.25) is 0 Å². The second kappa shape index (κ2) is 9.19. The van der Waals surface area contributed by atoms with E-state index in [9.17, 15) is 0 Å². The number of benzene rings is 1. The molecule has 20 heavy (non-hydrogen) atoms. The molecule has 0 unspecified atom stereocenters. The molecule has 0 N–H and O–H groups in total. The van der Waals surface area contributed by atoms with Gasteiger partial charge in [-0.2, -0.15) is 30.3 Å². The third-order valence-corrected chi connectivity index (χ3v) is 2.90. The standard InChI is InChI=1S/C13H14N.C5H5.Fe/c1-14(11-12-7-5-6-8-12)13-9-3-2-4-10-13;1-2-4-5-3-1;/h2-10H,11H2,1H3;1-5H;/q2*-1;+2. The summed E-state index contributed by atoms with van der Waals surface area (Å²) in [7, 11) is 2.11. The van der Waals surface area contributed by atoms with Gasteiger partial charge >= 0.3 is 17.1 Å². The molecular weight excluding hydrogens is 286 g/mol. The third-order valence-electron chi connectivity index (χ3n) is 2.90. The van der Waals surface area contributed by atoms with Crippen LogP contribution in [0.4, 0.5) is 5.69 Å². The summed E-state index contributed by atoms with van der Waals surface area (Å²) in [6.07, 6.45) is 0. The molecule has 0 aromatic heterocycles. The van der Waals surface area contributed by atoms with Gasteiger partial charge in [0.15, 0.2) is 0 Å². The Kier molecular flexibility index (Phi) is 7.49. The normalized spacial score (nSPS) is 9.05. The first-order valence-corrected chi connectivity index (χ1v) is 6.50. The van der Waals surface area contributed by atoms with Crippen molar-refractivity contribution in [2.75, 3.05) is 11.9 Å². The Bertz CT molecular complexity index is 509. The maximum atomic E-state index is 2.25. The van der Waals surface area contributed by atoms with Crippen LogP contribution in [0, 0.1) is 0 Å². The van der Waals surface area contributed by atoms with Crippen molar-refractivity contribution in [3.05, 3.63) is 90.5 Å². The van der Waals surface area contributed by atoms with Gasteiger partial charge in [-0.05, 0) is 18.7 Å². The summed E-state index contributed by atoms with van der Waals surface area (Å²) in [5, 5.41) is 0. The first kappa shape index (κ1) is 16.3. The van der Waals surface area contributed by atoms with Crippen molar-refractivity contribution in [1.29, 1.82) is 0 Å². The second-order valence-corrected chi connectivity index (χ2v) is 4.45. The summed E-state index contributed by atoms with van der Waals surface area (Å²) in [5.74, 6) is 0. The molecule has 0 saturated carbocycles. The van der Waals surface area contributed by atoms with Crippen LogP contribution in [-0.4, -0.2) is 7.05 Å². The van der Waals surface area contributed by atoms with Gasteiger partial charge in [0.1, 0.15) is 0 Å². The fourth-order valence-electron chi connectivity index (χ4n) is 1.89. The molecule has 3 aromatic carbocycles. The molecule has 0 amide bonds. The van der Waals surface area contributed by atoms with Crippen LogP contribution in [-0.2, 0) is 23.6 Å². The predicted octanol–water partition coefficient (Wildman–Crippen LogP) is 4.44. The van der Waals surface area contributed by atoms with Crippen LogP contribution >= 0.6 is 0 Å². The van der Waals surface area contributed by atoms with Crippen LogP contribution in [0.2, 0.25) is 0 Å². The molecule has 104 valence electrons. The molecular formula is C18H19FeN. The summed E-state index contributed by atoms with van der Waals surface area (Å²) in [4.78, 5) is 2.25. The summed E-state index contributed by atoms with van der Waals surface area (Å²) >= 11 is 0. The van der Waals surface area contributed by atoms with E-state index in [4.69, 9.17) is 0 Å². The zero-order chi connectivity index (χ0) is 13.3. The van der Waals surface area contributed by atoms with E-state index in [0.717, 1.165) is 6.54 Å². The molecule has 0 spiro atoms. The van der Waals surface area contributed by atoms with Crippen molar-refractivity contribution < 1.29 is 17.1 Å². The number of hydrogen-bond acceptors (Lipinski definition) is 1. The van der Waals surface area contributed by atoms with Crippen LogP contribution in [0.25, 0.3) is 0 Å². The average Bonchev–Trinajstić information content (AvgIpc) is 3.15. The molecule has 3 aromatic rings. The molecule has 3 rings (SSSR count). The maximum absolute atomic E-state index is 2.25. The Labute approximate surface area is 132 Å². The zero-order valence-electron chi connectivity index (χ0n) is 11.6. The number of para-hydroxylation sites is 1. The monoisotopic (exact) mass is 305 g/mol. The van der Waals surface area contributed by atoms with E-state index >= 15 is 0 Å². The zero-order valence-corrected chi connectivity index (χ0v) is 12.7. The van der Waals surface area contributed by atoms with Crippen molar-refractivity contribution in [3.63, 3.8) is 0 Å². The Morgan fingerprint density at radius 3 is 2.00 bits per heavy atom. The predicted molar refractivity (Wildman–Crippen MR) is 82.6 cm³/mol. The number of nitrogens with zero attached hydrogens (tertiary/aromatic N) is 1. The van der Waals surface area contributed by atoms with Gasteiger partial charge in [0, 0.05) is 12.7 Å². The van der Waals surface area contributed by atoms with Crippen molar-refractivity contribution in [3.8, 4) is 0 Å². The van der Waals surface area contributed by atoms with Gasteiger partial charge in [-0.25, -0.2) is 24.3 Å². The van der Waals surface area contributed by atoms with Gasteiger partial charge < -0.3 is 4.90 Å². The van der Waals surface area contributed by atoms with Gasteiger partial charge in [0.05, 0.1) is 0 Å². The van der Waals surface area contributed by atoms with Crippen LogP contribution in [0.1, 0.15) is 5.56 Å². The van der Waals surface area contributed by atoms with Crippen molar-refractivity contribution in [2.24, 2.45) is 0 Å². The topological polar surface area (TPSA) is 3.24 Å². The quantitative estimate of drug-likeness (QED) is 0.510. The van der Waals surface area contributed by atoms with E-state index < -0.39 is 0 Å². The van der Waals surface area contributed by atoms with Crippen molar-refractivity contribution >= 4 is 5.69 Å². The van der Waals surface area contributed by atoms with Crippen LogP contribution in [0.5, 0.6) is 0 Å². The van der Waals surface area contributed by atoms with E-state index in [2.05, 4.69) is 60.5 Å². The molecule has 0 heterocycles. The third kappa shape index (κ3) is 5.48. The second-order valence-electron chi connectivity index (χ2n) is 4.45. The summed E-state index contributed by atoms with van der Waals surface area (Å²) in [6.45, 7) is 0.969. The smallest absolute Gasteiger partial charge is 0.382 e. The Hall–Kier alpha value is -1.76. The van der Waals surface area contributed by atoms with E-state index in [1.54, 1.807) is 0 Å².